The van der Waals surface area contributed by atoms with E-state index in [1.165, 1.54) is 11.5 Å². The van der Waals surface area contributed by atoms with Gasteiger partial charge in [0.25, 0.3) is 0 Å². The molecule has 100 valence electrons. The van der Waals surface area contributed by atoms with Gasteiger partial charge in [0.2, 0.25) is 0 Å². The Balaban J connectivity index is 1.70. The first-order valence-electron chi connectivity index (χ1n) is 5.76. The van der Waals surface area contributed by atoms with Crippen molar-refractivity contribution >= 4 is 55.1 Å². The van der Waals surface area contributed by atoms with Crippen LogP contribution in [0.2, 0.25) is 0 Å². The normalized spacial score (nSPS) is 10.4. The number of carbonyl (C=O) groups excluding carboxylic acids is 1. The number of rotatable bonds is 2. The molecule has 3 rings (SSSR count). The molecule has 0 fully saturated rings. The van der Waals surface area contributed by atoms with Crippen molar-refractivity contribution in [3.63, 3.8) is 0 Å². The average molecular weight is 349 g/mol. The third-order valence-corrected chi connectivity index (χ3v) is 3.84. The lowest BCUT2D eigenvalue weighted by Crippen LogP contribution is -2.19. The summed E-state index contributed by atoms with van der Waals surface area (Å²) in [7, 11) is 0. The molecule has 2 aromatic carbocycles. The number of carbonyl (C=O) groups is 1. The largest absolute Gasteiger partial charge is 0.323 e. The smallest absolute Gasteiger partial charge is 0.308 e. The molecule has 1 aromatic heterocycles. The molecule has 20 heavy (non-hydrogen) atoms. The Hall–Kier alpha value is -1.99. The third kappa shape index (κ3) is 2.94. The van der Waals surface area contributed by atoms with E-state index in [2.05, 4.69) is 36.2 Å². The number of fused-ring (bicyclic) bond motifs is 1. The number of aromatic nitrogens is 2. The second-order valence-corrected chi connectivity index (χ2v) is 5.74. The van der Waals surface area contributed by atoms with Crippen LogP contribution in [0, 0.1) is 0 Å². The van der Waals surface area contributed by atoms with Crippen LogP contribution in [0.15, 0.2) is 46.9 Å². The molecule has 0 radical (unpaired) electrons. The number of urea groups is 1. The molecular weight excluding hydrogens is 340 g/mol. The van der Waals surface area contributed by atoms with Crippen molar-refractivity contribution in [3.8, 4) is 0 Å². The molecule has 2 amide bonds. The summed E-state index contributed by atoms with van der Waals surface area (Å²) in [4.78, 5) is 11.9. The number of halogens is 1. The summed E-state index contributed by atoms with van der Waals surface area (Å²) in [5.41, 5.74) is 2.18. The minimum atomic E-state index is -0.296. The Morgan fingerprint density at radius 2 is 1.75 bits per heavy atom. The van der Waals surface area contributed by atoms with Crippen LogP contribution in [-0.2, 0) is 0 Å². The lowest BCUT2D eigenvalue weighted by Gasteiger charge is -2.07. The van der Waals surface area contributed by atoms with Crippen LogP contribution in [0.25, 0.3) is 10.2 Å². The van der Waals surface area contributed by atoms with Gasteiger partial charge in [-0.1, -0.05) is 20.4 Å². The maximum atomic E-state index is 11.9. The number of nitrogens with one attached hydrogen (secondary N) is 2. The van der Waals surface area contributed by atoms with Crippen LogP contribution in [0.1, 0.15) is 0 Å². The zero-order chi connectivity index (χ0) is 13.9. The highest BCUT2D eigenvalue weighted by molar-refractivity contribution is 9.10. The van der Waals surface area contributed by atoms with Crippen molar-refractivity contribution in [1.29, 1.82) is 0 Å². The Kier molecular flexibility index (Phi) is 3.62. The van der Waals surface area contributed by atoms with Crippen molar-refractivity contribution in [3.05, 3.63) is 46.9 Å². The molecule has 3 aromatic rings. The van der Waals surface area contributed by atoms with Crippen molar-refractivity contribution in [2.24, 2.45) is 0 Å². The van der Waals surface area contributed by atoms with E-state index in [1.54, 1.807) is 6.07 Å². The number of hydrogen-bond donors (Lipinski definition) is 2. The number of benzene rings is 2. The fourth-order valence-corrected chi connectivity index (χ4v) is 2.49. The number of nitrogens with zero attached hydrogens (tertiary/aromatic N) is 2. The van der Waals surface area contributed by atoms with E-state index in [9.17, 15) is 4.79 Å². The summed E-state index contributed by atoms with van der Waals surface area (Å²) in [5, 5.41) is 9.49. The van der Waals surface area contributed by atoms with Gasteiger partial charge in [-0.25, -0.2) is 4.79 Å². The van der Waals surface area contributed by atoms with Gasteiger partial charge in [0.15, 0.2) is 0 Å². The zero-order valence-electron chi connectivity index (χ0n) is 10.1. The molecule has 1 heterocycles. The first-order valence-corrected chi connectivity index (χ1v) is 7.33. The quantitative estimate of drug-likeness (QED) is 0.732. The predicted octanol–water partition coefficient (Wildman–Crippen LogP) is 4.10. The van der Waals surface area contributed by atoms with Gasteiger partial charge >= 0.3 is 6.03 Å². The molecule has 0 atom stereocenters. The Bertz CT molecular complexity index is 756. The van der Waals surface area contributed by atoms with Gasteiger partial charge in [0.1, 0.15) is 5.52 Å². The van der Waals surface area contributed by atoms with Gasteiger partial charge in [-0.2, -0.15) is 0 Å². The summed E-state index contributed by atoms with van der Waals surface area (Å²) in [5.74, 6) is 0. The highest BCUT2D eigenvalue weighted by Gasteiger charge is 2.05. The molecular formula is C13H9BrN4OS. The van der Waals surface area contributed by atoms with Gasteiger partial charge in [0.05, 0.1) is 4.70 Å². The zero-order valence-corrected chi connectivity index (χ0v) is 12.5. The summed E-state index contributed by atoms with van der Waals surface area (Å²) in [6.07, 6.45) is 0. The molecule has 0 saturated heterocycles. The van der Waals surface area contributed by atoms with Crippen molar-refractivity contribution in [2.45, 2.75) is 0 Å². The van der Waals surface area contributed by atoms with Crippen molar-refractivity contribution in [2.75, 3.05) is 10.6 Å². The summed E-state index contributed by atoms with van der Waals surface area (Å²) < 4.78 is 5.81. The van der Waals surface area contributed by atoms with E-state index in [-0.39, 0.29) is 6.03 Å². The highest BCUT2D eigenvalue weighted by atomic mass is 79.9. The molecule has 2 N–H and O–H groups in total. The van der Waals surface area contributed by atoms with Gasteiger partial charge in [-0.15, -0.1) is 5.10 Å². The maximum absolute atomic E-state index is 11.9. The van der Waals surface area contributed by atoms with Gasteiger partial charge in [-0.05, 0) is 54.0 Å². The lowest BCUT2D eigenvalue weighted by atomic mass is 10.3. The van der Waals surface area contributed by atoms with Crippen LogP contribution in [0.5, 0.6) is 0 Å². The molecule has 7 heteroatoms. The second kappa shape index (κ2) is 5.56. The van der Waals surface area contributed by atoms with E-state index < -0.39 is 0 Å². The monoisotopic (exact) mass is 348 g/mol. The van der Waals surface area contributed by atoms with Crippen molar-refractivity contribution < 1.29 is 4.79 Å². The Labute approximate surface area is 127 Å². The Morgan fingerprint density at radius 3 is 2.55 bits per heavy atom. The predicted molar refractivity (Wildman–Crippen MR) is 84.2 cm³/mol. The SMILES string of the molecule is O=C(Nc1ccc(Br)cc1)Nc1ccc2snnc2c1. The molecule has 0 saturated carbocycles. The maximum Gasteiger partial charge on any atom is 0.323 e. The third-order valence-electron chi connectivity index (χ3n) is 2.61. The molecule has 0 aliphatic rings. The van der Waals surface area contributed by atoms with E-state index in [1.807, 2.05) is 36.4 Å². The van der Waals surface area contributed by atoms with Crippen molar-refractivity contribution in [1.82, 2.24) is 9.59 Å². The first-order chi connectivity index (χ1) is 9.70. The number of hydrogen-bond acceptors (Lipinski definition) is 4. The standard InChI is InChI=1S/C13H9BrN4OS/c14-8-1-3-9(4-2-8)15-13(19)16-10-5-6-12-11(7-10)17-18-20-12/h1-7H,(H2,15,16,19). The topological polar surface area (TPSA) is 66.9 Å². The fraction of sp³-hybridized carbons (Fsp3) is 0. The minimum Gasteiger partial charge on any atom is -0.308 e. The van der Waals surface area contributed by atoms with Crippen LogP contribution < -0.4 is 10.6 Å². The molecule has 0 aliphatic carbocycles. The number of amides is 2. The van der Waals surface area contributed by atoms with E-state index >= 15 is 0 Å². The van der Waals surface area contributed by atoms with Crippen LogP contribution in [-0.4, -0.2) is 15.6 Å². The van der Waals surface area contributed by atoms with E-state index in [0.717, 1.165) is 20.4 Å². The molecule has 5 nitrogen and oxygen atoms in total. The second-order valence-electron chi connectivity index (χ2n) is 4.04. The number of anilines is 2. The lowest BCUT2D eigenvalue weighted by molar-refractivity contribution is 0.262. The molecule has 0 spiro atoms. The fourth-order valence-electron chi connectivity index (χ4n) is 1.69. The summed E-state index contributed by atoms with van der Waals surface area (Å²) in [6, 6.07) is 12.6. The van der Waals surface area contributed by atoms with Crippen LogP contribution >= 0.6 is 27.5 Å². The first kappa shape index (κ1) is 13.0. The van der Waals surface area contributed by atoms with Gasteiger partial charge in [0, 0.05) is 15.8 Å². The van der Waals surface area contributed by atoms with Crippen LogP contribution in [0.3, 0.4) is 0 Å². The van der Waals surface area contributed by atoms with Gasteiger partial charge < -0.3 is 10.6 Å². The molecule has 0 bridgehead atoms. The Morgan fingerprint density at radius 1 is 1.05 bits per heavy atom. The van der Waals surface area contributed by atoms with E-state index in [0.29, 0.717) is 5.69 Å². The minimum absolute atomic E-state index is 0.296. The van der Waals surface area contributed by atoms with Gasteiger partial charge in [-0.3, -0.25) is 0 Å². The van der Waals surface area contributed by atoms with E-state index in [4.69, 9.17) is 0 Å². The summed E-state index contributed by atoms with van der Waals surface area (Å²) >= 11 is 4.67. The van der Waals surface area contributed by atoms with Crippen LogP contribution in [0.4, 0.5) is 16.2 Å². The molecule has 0 aliphatic heterocycles. The average Bonchev–Trinajstić information content (AvgIpc) is 2.89. The highest BCUT2D eigenvalue weighted by Crippen LogP contribution is 2.20. The molecule has 0 unspecified atom stereocenters. The summed E-state index contributed by atoms with van der Waals surface area (Å²) in [6.45, 7) is 0.